The van der Waals surface area contributed by atoms with Crippen molar-refractivity contribution < 1.29 is 28.1 Å². The molecular formula is C14H11Cl2IO2+. The van der Waals surface area contributed by atoms with E-state index in [0.29, 0.717) is 0 Å². The summed E-state index contributed by atoms with van der Waals surface area (Å²) in [6.07, 6.45) is 0. The van der Waals surface area contributed by atoms with Crippen LogP contribution in [0.5, 0.6) is 0 Å². The summed E-state index contributed by atoms with van der Waals surface area (Å²) in [6.45, 7) is 0. The van der Waals surface area contributed by atoms with Gasteiger partial charge in [0.05, 0.1) is 0 Å². The second kappa shape index (κ2) is 7.12. The van der Waals surface area contributed by atoms with Gasteiger partial charge >= 0.3 is 26.2 Å². The maximum absolute atomic E-state index is 11.7. The maximum atomic E-state index is 11.7. The predicted octanol–water partition coefficient (Wildman–Crippen LogP) is 0.613. The molecule has 0 bridgehead atoms. The molecule has 0 heterocycles. The highest BCUT2D eigenvalue weighted by atomic mass is 127. The van der Waals surface area contributed by atoms with Crippen molar-refractivity contribution in [2.24, 2.45) is 0 Å². The molecule has 0 unspecified atom stereocenters. The second-order valence-corrected chi connectivity index (χ2v) is 8.98. The first-order valence-electron chi connectivity index (χ1n) is 5.49. The van der Waals surface area contributed by atoms with Crippen molar-refractivity contribution in [3.63, 3.8) is 0 Å². The van der Waals surface area contributed by atoms with Crippen LogP contribution in [0.15, 0.2) is 60.7 Å². The number of carbonyl (C=O) groups excluding carboxylic acids is 1. The van der Waals surface area contributed by atoms with Crippen LogP contribution in [0.25, 0.3) is 0 Å². The first kappa shape index (κ1) is 14.6. The van der Waals surface area contributed by atoms with Crippen molar-refractivity contribution in [2.45, 2.75) is 4.84 Å². The molecule has 2 aromatic carbocycles. The van der Waals surface area contributed by atoms with E-state index in [9.17, 15) is 4.79 Å². The van der Waals surface area contributed by atoms with E-state index in [1.165, 1.54) is 0 Å². The molecule has 0 amide bonds. The predicted molar refractivity (Wildman–Crippen MR) is 71.9 cm³/mol. The third-order valence-corrected chi connectivity index (χ3v) is 7.13. The molecule has 1 radical (unpaired) electrons. The summed E-state index contributed by atoms with van der Waals surface area (Å²) in [7, 11) is 0. The minimum Gasteiger partial charge on any atom is -0.244 e. The fourth-order valence-electron chi connectivity index (χ4n) is 1.38. The average molecular weight is 409 g/mol. The molecule has 0 saturated heterocycles. The SMILES string of the molecule is O=C(O[I+](c1ccccc1)c1ccccc1)C(Cl)Cl. The number of halogens is 3. The van der Waals surface area contributed by atoms with E-state index < -0.39 is 31.0 Å². The zero-order valence-electron chi connectivity index (χ0n) is 9.80. The smallest absolute Gasteiger partial charge is 0.244 e. The van der Waals surface area contributed by atoms with Crippen molar-refractivity contribution in [1.29, 1.82) is 0 Å². The van der Waals surface area contributed by atoms with Gasteiger partial charge < -0.3 is 0 Å². The van der Waals surface area contributed by atoms with Crippen LogP contribution in [0.2, 0.25) is 0 Å². The van der Waals surface area contributed by atoms with Crippen LogP contribution in [0.4, 0.5) is 0 Å². The molecule has 0 aliphatic carbocycles. The molecule has 0 atom stereocenters. The van der Waals surface area contributed by atoms with E-state index in [-0.39, 0.29) is 0 Å². The Morgan fingerprint density at radius 1 is 0.895 bits per heavy atom. The van der Waals surface area contributed by atoms with Crippen LogP contribution in [0.1, 0.15) is 0 Å². The summed E-state index contributed by atoms with van der Waals surface area (Å²) in [6, 6.07) is 19.4. The van der Waals surface area contributed by atoms with Crippen LogP contribution in [-0.4, -0.2) is 10.8 Å². The molecule has 99 valence electrons. The number of hydrogen-bond acceptors (Lipinski definition) is 2. The molecular weight excluding hydrogens is 398 g/mol. The van der Waals surface area contributed by atoms with Gasteiger partial charge in [0.1, 0.15) is 0 Å². The monoisotopic (exact) mass is 408 g/mol. The summed E-state index contributed by atoms with van der Waals surface area (Å²) in [5.41, 5.74) is 0. The zero-order chi connectivity index (χ0) is 13.7. The minimum atomic E-state index is -2.28. The lowest BCUT2D eigenvalue weighted by Crippen LogP contribution is -3.85. The van der Waals surface area contributed by atoms with Crippen LogP contribution >= 0.6 is 23.2 Å². The highest BCUT2D eigenvalue weighted by molar-refractivity contribution is 6.52. The Bertz CT molecular complexity index is 492. The van der Waals surface area contributed by atoms with Crippen LogP contribution in [0, 0.1) is 7.14 Å². The molecule has 0 aliphatic rings. The molecule has 0 N–H and O–H groups in total. The van der Waals surface area contributed by atoms with E-state index in [1.807, 2.05) is 60.7 Å². The summed E-state index contributed by atoms with van der Waals surface area (Å²) >= 11 is 8.84. The normalized spacial score (nSPS) is 10.7. The van der Waals surface area contributed by atoms with Gasteiger partial charge in [-0.15, -0.1) is 0 Å². The molecule has 0 fully saturated rings. The number of benzene rings is 2. The van der Waals surface area contributed by atoms with E-state index in [0.717, 1.165) is 7.14 Å². The van der Waals surface area contributed by atoms with Crippen molar-refractivity contribution in [1.82, 2.24) is 0 Å². The van der Waals surface area contributed by atoms with E-state index in [1.54, 1.807) is 0 Å². The lowest BCUT2D eigenvalue weighted by molar-refractivity contribution is -1.04. The van der Waals surface area contributed by atoms with Gasteiger partial charge in [0.15, 0.2) is 7.14 Å². The number of alkyl halides is 2. The molecule has 5 heteroatoms. The van der Waals surface area contributed by atoms with Gasteiger partial charge in [-0.3, -0.25) is 0 Å². The van der Waals surface area contributed by atoms with Crippen LogP contribution in [0.3, 0.4) is 0 Å². The Morgan fingerprint density at radius 3 is 1.68 bits per heavy atom. The van der Waals surface area contributed by atoms with Gasteiger partial charge in [-0.05, 0) is 24.3 Å². The topological polar surface area (TPSA) is 26.3 Å². The quantitative estimate of drug-likeness (QED) is 0.547. The van der Waals surface area contributed by atoms with E-state index >= 15 is 0 Å². The van der Waals surface area contributed by atoms with Crippen LogP contribution < -0.4 is 20.2 Å². The number of rotatable bonds is 4. The van der Waals surface area contributed by atoms with Crippen molar-refractivity contribution in [3.8, 4) is 0 Å². The summed E-state index contributed by atoms with van der Waals surface area (Å²) in [5, 5.41) is 0. The van der Waals surface area contributed by atoms with Gasteiger partial charge in [0, 0.05) is 0 Å². The fraction of sp³-hybridized carbons (Fsp3) is 0.0714. The Hall–Kier alpha value is -0.780. The Morgan fingerprint density at radius 2 is 1.32 bits per heavy atom. The Kier molecular flexibility index (Phi) is 5.48. The highest BCUT2D eigenvalue weighted by Crippen LogP contribution is 2.01. The summed E-state index contributed by atoms with van der Waals surface area (Å²) in [5.74, 6) is -0.582. The molecule has 2 rings (SSSR count). The van der Waals surface area contributed by atoms with Gasteiger partial charge in [-0.25, -0.2) is 7.86 Å². The van der Waals surface area contributed by atoms with Gasteiger partial charge in [0.2, 0.25) is 4.84 Å². The number of hydrogen-bond donors (Lipinski definition) is 0. The molecule has 2 nitrogen and oxygen atoms in total. The van der Waals surface area contributed by atoms with E-state index in [2.05, 4.69) is 0 Å². The largest absolute Gasteiger partial charge is 0.392 e. The standard InChI is InChI=1S/C14H11Cl2IO2/c15-13(16)14(18)19-17(11-7-3-1-4-8-11)12-9-5-2-6-10-12/h1-10,13H/q+1. The molecule has 19 heavy (non-hydrogen) atoms. The first-order valence-corrected chi connectivity index (χ1v) is 9.40. The highest BCUT2D eigenvalue weighted by Gasteiger charge is 2.35. The third-order valence-electron chi connectivity index (χ3n) is 2.19. The first-order chi connectivity index (χ1) is 9.18. The maximum Gasteiger partial charge on any atom is 0.392 e. The van der Waals surface area contributed by atoms with Crippen molar-refractivity contribution >= 4 is 29.2 Å². The van der Waals surface area contributed by atoms with Gasteiger partial charge in [-0.1, -0.05) is 59.6 Å². The molecule has 0 aromatic heterocycles. The molecule has 0 spiro atoms. The average Bonchev–Trinajstić information content (AvgIpc) is 2.46. The lowest BCUT2D eigenvalue weighted by Gasteiger charge is -2.05. The fourth-order valence-corrected chi connectivity index (χ4v) is 5.83. The third kappa shape index (κ3) is 4.09. The lowest BCUT2D eigenvalue weighted by atomic mass is 10.4. The Balaban J connectivity index is 2.32. The zero-order valence-corrected chi connectivity index (χ0v) is 13.5. The number of carbonyl (C=O) groups is 1. The minimum absolute atomic E-state index is 0.582. The van der Waals surface area contributed by atoms with Gasteiger partial charge in [0.25, 0.3) is 0 Å². The second-order valence-electron chi connectivity index (χ2n) is 3.54. The van der Waals surface area contributed by atoms with E-state index in [4.69, 9.17) is 26.3 Å². The Labute approximate surface area is 129 Å². The molecule has 0 aliphatic heterocycles. The van der Waals surface area contributed by atoms with Crippen molar-refractivity contribution in [2.75, 3.05) is 0 Å². The van der Waals surface area contributed by atoms with Crippen molar-refractivity contribution in [3.05, 3.63) is 67.8 Å². The van der Waals surface area contributed by atoms with Gasteiger partial charge in [-0.2, -0.15) is 0 Å². The van der Waals surface area contributed by atoms with Crippen LogP contribution in [-0.2, 0) is 7.86 Å². The summed E-state index contributed by atoms with van der Waals surface area (Å²) in [4.78, 5) is 10.5. The molecule has 0 saturated carbocycles. The molecule has 2 aromatic rings. The summed E-state index contributed by atoms with van der Waals surface area (Å²) < 4.78 is 7.59.